The van der Waals surface area contributed by atoms with E-state index in [0.717, 1.165) is 63.7 Å². The number of rotatable bonds is 5. The second kappa shape index (κ2) is 11.3. The van der Waals surface area contributed by atoms with Gasteiger partial charge < -0.3 is 20.0 Å². The van der Waals surface area contributed by atoms with Crippen LogP contribution >= 0.6 is 0 Å². The van der Waals surface area contributed by atoms with Crippen LogP contribution in [0.15, 0.2) is 42.5 Å². The quantitative estimate of drug-likeness (QED) is 0.646. The molecule has 0 aromatic heterocycles. The van der Waals surface area contributed by atoms with E-state index in [-0.39, 0.29) is 23.6 Å². The predicted molar refractivity (Wildman–Crippen MR) is 141 cm³/mol. The number of hydrogen-bond donors (Lipinski definition) is 1. The third-order valence-corrected chi connectivity index (χ3v) is 7.87. The first-order chi connectivity index (χ1) is 18.0. The first-order valence-electron chi connectivity index (χ1n) is 13.5. The molecule has 2 aromatic rings. The molecule has 37 heavy (non-hydrogen) atoms. The van der Waals surface area contributed by atoms with Crippen LogP contribution in [0.3, 0.4) is 0 Å². The number of benzene rings is 2. The zero-order chi connectivity index (χ0) is 25.8. The number of piperazine rings is 1. The van der Waals surface area contributed by atoms with Crippen molar-refractivity contribution in [3.8, 4) is 0 Å². The van der Waals surface area contributed by atoms with Gasteiger partial charge in [0.05, 0.1) is 5.56 Å². The highest BCUT2D eigenvalue weighted by Crippen LogP contribution is 2.30. The van der Waals surface area contributed by atoms with Gasteiger partial charge in [0.1, 0.15) is 5.82 Å². The molecule has 7 nitrogen and oxygen atoms in total. The van der Waals surface area contributed by atoms with Crippen LogP contribution in [0.4, 0.5) is 15.8 Å². The zero-order valence-electron chi connectivity index (χ0n) is 21.3. The SMILES string of the molecule is O=C(Nc1ccc(N2CCN(C(=O)C3CCCC3)CC2)c(C(=O)N2CCCCC2)c1)c1ccc(F)cc1. The van der Waals surface area contributed by atoms with E-state index >= 15 is 0 Å². The summed E-state index contributed by atoms with van der Waals surface area (Å²) in [6, 6.07) is 10.8. The van der Waals surface area contributed by atoms with Gasteiger partial charge in [0.15, 0.2) is 0 Å². The summed E-state index contributed by atoms with van der Waals surface area (Å²) < 4.78 is 13.3. The molecule has 1 saturated carbocycles. The van der Waals surface area contributed by atoms with Crippen molar-refractivity contribution in [2.24, 2.45) is 5.92 Å². The van der Waals surface area contributed by atoms with Gasteiger partial charge in [-0.15, -0.1) is 0 Å². The summed E-state index contributed by atoms with van der Waals surface area (Å²) in [5.74, 6) is -0.340. The number of anilines is 2. The number of piperidine rings is 1. The van der Waals surface area contributed by atoms with Crippen molar-refractivity contribution in [1.82, 2.24) is 9.80 Å². The standard InChI is InChI=1S/C29H35FN4O3/c30-23-10-8-21(9-11-23)27(35)31-24-12-13-26(25(20-24)29(37)33-14-4-1-5-15-33)32-16-18-34(19-17-32)28(36)22-6-2-3-7-22/h8-13,20,22H,1-7,14-19H2,(H,31,35). The normalized spacial score (nSPS) is 18.7. The summed E-state index contributed by atoms with van der Waals surface area (Å²) >= 11 is 0. The second-order valence-electron chi connectivity index (χ2n) is 10.3. The van der Waals surface area contributed by atoms with Crippen LogP contribution < -0.4 is 10.2 Å². The summed E-state index contributed by atoms with van der Waals surface area (Å²) in [6.07, 6.45) is 7.39. The Bertz CT molecular complexity index is 1130. The molecule has 0 spiro atoms. The molecule has 0 radical (unpaired) electrons. The maximum absolute atomic E-state index is 13.6. The van der Waals surface area contributed by atoms with Crippen molar-refractivity contribution in [3.63, 3.8) is 0 Å². The van der Waals surface area contributed by atoms with E-state index in [9.17, 15) is 18.8 Å². The fourth-order valence-electron chi connectivity index (χ4n) is 5.73. The Morgan fingerprint density at radius 3 is 2.11 bits per heavy atom. The van der Waals surface area contributed by atoms with Crippen molar-refractivity contribution in [3.05, 3.63) is 59.4 Å². The summed E-state index contributed by atoms with van der Waals surface area (Å²) in [4.78, 5) is 45.3. The molecule has 3 fully saturated rings. The molecular weight excluding hydrogens is 471 g/mol. The predicted octanol–water partition coefficient (Wildman–Crippen LogP) is 4.54. The second-order valence-corrected chi connectivity index (χ2v) is 10.3. The number of halogens is 1. The van der Waals surface area contributed by atoms with E-state index in [2.05, 4.69) is 10.2 Å². The van der Waals surface area contributed by atoms with Crippen LogP contribution in [-0.4, -0.2) is 66.8 Å². The Morgan fingerprint density at radius 2 is 1.43 bits per heavy atom. The number of likely N-dealkylation sites (tertiary alicyclic amines) is 1. The van der Waals surface area contributed by atoms with Crippen LogP contribution in [-0.2, 0) is 4.79 Å². The molecule has 8 heteroatoms. The molecule has 0 bridgehead atoms. The smallest absolute Gasteiger partial charge is 0.256 e. The van der Waals surface area contributed by atoms with E-state index in [0.29, 0.717) is 43.0 Å². The lowest BCUT2D eigenvalue weighted by molar-refractivity contribution is -0.135. The minimum atomic E-state index is -0.402. The van der Waals surface area contributed by atoms with Gasteiger partial charge in [-0.05, 0) is 74.6 Å². The molecule has 2 heterocycles. The van der Waals surface area contributed by atoms with Crippen molar-refractivity contribution in [1.29, 1.82) is 0 Å². The molecule has 2 saturated heterocycles. The first kappa shape index (κ1) is 25.2. The summed E-state index contributed by atoms with van der Waals surface area (Å²) in [5.41, 5.74) is 2.27. The van der Waals surface area contributed by atoms with Crippen LogP contribution in [0.25, 0.3) is 0 Å². The van der Waals surface area contributed by atoms with Crippen molar-refractivity contribution >= 4 is 29.1 Å². The average Bonchev–Trinajstić information content (AvgIpc) is 3.48. The summed E-state index contributed by atoms with van der Waals surface area (Å²) in [7, 11) is 0. The lowest BCUT2D eigenvalue weighted by Crippen LogP contribution is -2.50. The molecule has 196 valence electrons. The fraction of sp³-hybridized carbons (Fsp3) is 0.483. The third kappa shape index (κ3) is 5.78. The van der Waals surface area contributed by atoms with E-state index in [1.807, 2.05) is 15.9 Å². The number of nitrogens with zero attached hydrogens (tertiary/aromatic N) is 3. The summed E-state index contributed by atoms with van der Waals surface area (Å²) in [6.45, 7) is 4.09. The van der Waals surface area contributed by atoms with E-state index in [4.69, 9.17) is 0 Å². The first-order valence-corrected chi connectivity index (χ1v) is 13.5. The maximum atomic E-state index is 13.6. The molecular formula is C29H35FN4O3. The number of carbonyl (C=O) groups is 3. The minimum Gasteiger partial charge on any atom is -0.367 e. The highest BCUT2D eigenvalue weighted by atomic mass is 19.1. The van der Waals surface area contributed by atoms with Crippen molar-refractivity contribution < 1.29 is 18.8 Å². The van der Waals surface area contributed by atoms with Gasteiger partial charge in [0, 0.05) is 62.1 Å². The van der Waals surface area contributed by atoms with Crippen LogP contribution in [0.5, 0.6) is 0 Å². The van der Waals surface area contributed by atoms with Gasteiger partial charge in [-0.3, -0.25) is 14.4 Å². The minimum absolute atomic E-state index is 0.0305. The van der Waals surface area contributed by atoms with Gasteiger partial charge in [0.2, 0.25) is 5.91 Å². The highest BCUT2D eigenvalue weighted by molar-refractivity contribution is 6.06. The molecule has 1 N–H and O–H groups in total. The molecule has 0 atom stereocenters. The maximum Gasteiger partial charge on any atom is 0.256 e. The van der Waals surface area contributed by atoms with Gasteiger partial charge in [-0.2, -0.15) is 0 Å². The zero-order valence-corrected chi connectivity index (χ0v) is 21.3. The van der Waals surface area contributed by atoms with Crippen LogP contribution in [0.2, 0.25) is 0 Å². The van der Waals surface area contributed by atoms with E-state index in [1.54, 1.807) is 12.1 Å². The lowest BCUT2D eigenvalue weighted by atomic mass is 10.0. The molecule has 3 amide bonds. The van der Waals surface area contributed by atoms with E-state index < -0.39 is 5.82 Å². The molecule has 2 aliphatic heterocycles. The van der Waals surface area contributed by atoms with Crippen molar-refractivity contribution in [2.45, 2.75) is 44.9 Å². The highest BCUT2D eigenvalue weighted by Gasteiger charge is 2.31. The van der Waals surface area contributed by atoms with Crippen LogP contribution in [0.1, 0.15) is 65.7 Å². The molecule has 5 rings (SSSR count). The number of amides is 3. The number of hydrogen-bond acceptors (Lipinski definition) is 4. The molecule has 2 aromatic carbocycles. The van der Waals surface area contributed by atoms with Gasteiger partial charge in [-0.1, -0.05) is 12.8 Å². The molecule has 1 aliphatic carbocycles. The topological polar surface area (TPSA) is 73.0 Å². The van der Waals surface area contributed by atoms with Gasteiger partial charge in [-0.25, -0.2) is 4.39 Å². The number of nitrogens with one attached hydrogen (secondary N) is 1. The Morgan fingerprint density at radius 1 is 0.757 bits per heavy atom. The van der Waals surface area contributed by atoms with Crippen LogP contribution in [0, 0.1) is 11.7 Å². The molecule has 3 aliphatic rings. The molecule has 0 unspecified atom stereocenters. The Kier molecular flexibility index (Phi) is 7.72. The fourth-order valence-corrected chi connectivity index (χ4v) is 5.73. The van der Waals surface area contributed by atoms with Gasteiger partial charge >= 0.3 is 0 Å². The largest absolute Gasteiger partial charge is 0.367 e. The summed E-state index contributed by atoms with van der Waals surface area (Å²) in [5, 5.41) is 2.86. The third-order valence-electron chi connectivity index (χ3n) is 7.87. The Hall–Kier alpha value is -3.42. The number of carbonyl (C=O) groups excluding carboxylic acids is 3. The Balaban J connectivity index is 1.34. The van der Waals surface area contributed by atoms with Gasteiger partial charge in [0.25, 0.3) is 11.8 Å². The average molecular weight is 507 g/mol. The Labute approximate surface area is 217 Å². The monoisotopic (exact) mass is 506 g/mol. The van der Waals surface area contributed by atoms with E-state index in [1.165, 1.54) is 24.3 Å². The lowest BCUT2D eigenvalue weighted by Gasteiger charge is -2.38. The van der Waals surface area contributed by atoms with Crippen molar-refractivity contribution in [2.75, 3.05) is 49.5 Å².